The van der Waals surface area contributed by atoms with Crippen molar-refractivity contribution in [1.82, 2.24) is 18.7 Å². The first-order chi connectivity index (χ1) is 15.9. The van der Waals surface area contributed by atoms with Crippen molar-refractivity contribution in [2.45, 2.75) is 19.5 Å². The molecule has 0 bridgehead atoms. The molecule has 0 saturated carbocycles. The van der Waals surface area contributed by atoms with E-state index >= 15 is 0 Å². The number of nitrogens with zero attached hydrogens (tertiary/aromatic N) is 5. The largest absolute Gasteiger partial charge is 0.497 e. The summed E-state index contributed by atoms with van der Waals surface area (Å²) in [7, 11) is 3.25. The van der Waals surface area contributed by atoms with Gasteiger partial charge in [0, 0.05) is 25.8 Å². The van der Waals surface area contributed by atoms with E-state index in [2.05, 4.69) is 4.90 Å². The van der Waals surface area contributed by atoms with Gasteiger partial charge >= 0.3 is 5.69 Å². The van der Waals surface area contributed by atoms with Gasteiger partial charge in [0.25, 0.3) is 5.56 Å². The van der Waals surface area contributed by atoms with Crippen LogP contribution in [0.1, 0.15) is 12.0 Å². The number of anilines is 2. The van der Waals surface area contributed by atoms with E-state index in [-0.39, 0.29) is 12.1 Å². The van der Waals surface area contributed by atoms with Crippen molar-refractivity contribution in [3.05, 3.63) is 78.9 Å². The van der Waals surface area contributed by atoms with Crippen LogP contribution in [0.15, 0.2) is 52.1 Å². The molecule has 10 heteroatoms. The number of benzene rings is 2. The Balaban J connectivity index is 1.65. The molecule has 0 N–H and O–H groups in total. The highest BCUT2D eigenvalue weighted by atomic mass is 35.5. The standard InChI is InChI=1S/C23H21Cl2N5O3/c1-27-20-19(21(31)30(23(27)32)13-14-4-9-17(24)18(25)12-14)29-11-3-10-28(22(29)26-20)15-5-7-16(33-2)8-6-15/h4-9,12H,3,10-11,13H2,1-2H3. The molecule has 2 aromatic heterocycles. The van der Waals surface area contributed by atoms with E-state index in [0.29, 0.717) is 39.3 Å². The first kappa shape index (κ1) is 21.6. The Morgan fingerprint density at radius 3 is 2.48 bits per heavy atom. The number of hydrogen-bond donors (Lipinski definition) is 0. The van der Waals surface area contributed by atoms with Gasteiger partial charge in [-0.2, -0.15) is 4.98 Å². The number of ether oxygens (including phenoxy) is 1. The van der Waals surface area contributed by atoms with Crippen molar-refractivity contribution >= 4 is 46.0 Å². The lowest BCUT2D eigenvalue weighted by atomic mass is 10.2. The van der Waals surface area contributed by atoms with Crippen LogP contribution in [0.5, 0.6) is 5.75 Å². The Hall–Kier alpha value is -3.23. The number of imidazole rings is 1. The second kappa shape index (κ2) is 8.28. The lowest BCUT2D eigenvalue weighted by Gasteiger charge is -2.29. The third-order valence-corrected chi connectivity index (χ3v) is 6.67. The first-order valence-electron chi connectivity index (χ1n) is 10.4. The minimum atomic E-state index is -0.440. The third kappa shape index (κ3) is 3.59. The zero-order valence-corrected chi connectivity index (χ0v) is 19.6. The maximum Gasteiger partial charge on any atom is 0.332 e. The zero-order valence-electron chi connectivity index (χ0n) is 18.1. The minimum Gasteiger partial charge on any atom is -0.497 e. The summed E-state index contributed by atoms with van der Waals surface area (Å²) in [6.07, 6.45) is 0.833. The second-order valence-electron chi connectivity index (χ2n) is 7.92. The van der Waals surface area contributed by atoms with Crippen molar-refractivity contribution in [3.8, 4) is 5.75 Å². The van der Waals surface area contributed by atoms with Crippen LogP contribution in [0.4, 0.5) is 11.6 Å². The lowest BCUT2D eigenvalue weighted by molar-refractivity contribution is 0.415. The van der Waals surface area contributed by atoms with Gasteiger partial charge in [-0.15, -0.1) is 0 Å². The number of rotatable bonds is 4. The molecule has 0 atom stereocenters. The van der Waals surface area contributed by atoms with Crippen molar-refractivity contribution in [3.63, 3.8) is 0 Å². The number of methoxy groups -OCH3 is 1. The second-order valence-corrected chi connectivity index (χ2v) is 8.73. The van der Waals surface area contributed by atoms with Crippen LogP contribution in [0, 0.1) is 0 Å². The van der Waals surface area contributed by atoms with Crippen LogP contribution in [0.3, 0.4) is 0 Å². The molecule has 1 aliphatic rings. The average molecular weight is 486 g/mol. The molecule has 5 rings (SSSR count). The Morgan fingerprint density at radius 2 is 1.79 bits per heavy atom. The van der Waals surface area contributed by atoms with Crippen molar-refractivity contribution in [1.29, 1.82) is 0 Å². The summed E-state index contributed by atoms with van der Waals surface area (Å²) in [6.45, 7) is 1.47. The van der Waals surface area contributed by atoms with Crippen LogP contribution < -0.4 is 20.9 Å². The van der Waals surface area contributed by atoms with Crippen LogP contribution in [-0.4, -0.2) is 32.3 Å². The summed E-state index contributed by atoms with van der Waals surface area (Å²) in [6, 6.07) is 12.7. The molecular weight excluding hydrogens is 465 g/mol. The van der Waals surface area contributed by atoms with E-state index in [0.717, 1.165) is 24.4 Å². The average Bonchev–Trinajstić information content (AvgIpc) is 3.23. The molecule has 0 spiro atoms. The monoisotopic (exact) mass is 485 g/mol. The van der Waals surface area contributed by atoms with Crippen molar-refractivity contribution < 1.29 is 4.74 Å². The van der Waals surface area contributed by atoms with Crippen LogP contribution in [0.2, 0.25) is 10.0 Å². The quantitative estimate of drug-likeness (QED) is 0.439. The highest BCUT2D eigenvalue weighted by molar-refractivity contribution is 6.42. The predicted octanol–water partition coefficient (Wildman–Crippen LogP) is 3.80. The summed E-state index contributed by atoms with van der Waals surface area (Å²) in [5.74, 6) is 1.40. The number of fused-ring (bicyclic) bond motifs is 3. The molecule has 0 unspecified atom stereocenters. The Bertz CT molecular complexity index is 1490. The molecular formula is C23H21Cl2N5O3. The Labute approximate surface area is 199 Å². The first-order valence-corrected chi connectivity index (χ1v) is 11.2. The fourth-order valence-electron chi connectivity index (χ4n) is 4.23. The highest BCUT2D eigenvalue weighted by Crippen LogP contribution is 2.32. The van der Waals surface area contributed by atoms with Gasteiger partial charge in [-0.05, 0) is 48.4 Å². The Kier molecular flexibility index (Phi) is 5.42. The van der Waals surface area contributed by atoms with E-state index < -0.39 is 5.69 Å². The molecule has 0 saturated heterocycles. The van der Waals surface area contributed by atoms with Gasteiger partial charge in [-0.1, -0.05) is 29.3 Å². The van der Waals surface area contributed by atoms with E-state index in [9.17, 15) is 9.59 Å². The SMILES string of the molecule is COc1ccc(N2CCCn3c2nc2c3c(=O)n(Cc3ccc(Cl)c(Cl)c3)c(=O)n2C)cc1. The van der Waals surface area contributed by atoms with Gasteiger partial charge in [-0.3, -0.25) is 13.9 Å². The fourth-order valence-corrected chi connectivity index (χ4v) is 4.55. The maximum atomic E-state index is 13.5. The molecule has 33 heavy (non-hydrogen) atoms. The smallest absolute Gasteiger partial charge is 0.332 e. The van der Waals surface area contributed by atoms with E-state index in [1.165, 1.54) is 9.13 Å². The Morgan fingerprint density at radius 1 is 1.03 bits per heavy atom. The van der Waals surface area contributed by atoms with E-state index in [1.807, 2.05) is 28.8 Å². The molecule has 0 fully saturated rings. The highest BCUT2D eigenvalue weighted by Gasteiger charge is 2.27. The molecule has 0 amide bonds. The summed E-state index contributed by atoms with van der Waals surface area (Å²) < 4.78 is 9.79. The molecule has 3 heterocycles. The van der Waals surface area contributed by atoms with Gasteiger partial charge in [0.05, 0.1) is 23.7 Å². The molecule has 1 aliphatic heterocycles. The van der Waals surface area contributed by atoms with Gasteiger partial charge in [0.2, 0.25) is 5.95 Å². The summed E-state index contributed by atoms with van der Waals surface area (Å²) in [5.41, 5.74) is 1.60. The van der Waals surface area contributed by atoms with Gasteiger partial charge in [-0.25, -0.2) is 4.79 Å². The maximum absolute atomic E-state index is 13.5. The van der Waals surface area contributed by atoms with Crippen molar-refractivity contribution in [2.75, 3.05) is 18.6 Å². The summed E-state index contributed by atoms with van der Waals surface area (Å²) in [5, 5.41) is 0.789. The molecule has 2 aromatic carbocycles. The summed E-state index contributed by atoms with van der Waals surface area (Å²) >= 11 is 12.1. The predicted molar refractivity (Wildman–Crippen MR) is 129 cm³/mol. The van der Waals surface area contributed by atoms with E-state index in [4.69, 9.17) is 32.9 Å². The molecule has 170 valence electrons. The van der Waals surface area contributed by atoms with Crippen LogP contribution >= 0.6 is 23.2 Å². The molecule has 0 aliphatic carbocycles. The normalized spacial score (nSPS) is 13.4. The fraction of sp³-hybridized carbons (Fsp3) is 0.261. The molecule has 4 aromatic rings. The molecule has 8 nitrogen and oxygen atoms in total. The van der Waals surface area contributed by atoms with Gasteiger partial charge in [0.15, 0.2) is 11.2 Å². The van der Waals surface area contributed by atoms with Gasteiger partial charge in [0.1, 0.15) is 5.75 Å². The minimum absolute atomic E-state index is 0.0844. The molecule has 0 radical (unpaired) electrons. The number of hydrogen-bond acceptors (Lipinski definition) is 5. The van der Waals surface area contributed by atoms with Crippen molar-refractivity contribution in [2.24, 2.45) is 7.05 Å². The van der Waals surface area contributed by atoms with Crippen LogP contribution in [-0.2, 0) is 20.1 Å². The van der Waals surface area contributed by atoms with E-state index in [1.54, 1.807) is 32.4 Å². The number of aryl methyl sites for hydroxylation is 2. The topological polar surface area (TPSA) is 74.3 Å². The number of aromatic nitrogens is 4. The third-order valence-electron chi connectivity index (χ3n) is 5.93. The summed E-state index contributed by atoms with van der Waals surface area (Å²) in [4.78, 5) is 33.4. The van der Waals surface area contributed by atoms with Gasteiger partial charge < -0.3 is 14.2 Å². The van der Waals surface area contributed by atoms with Crippen LogP contribution in [0.25, 0.3) is 11.2 Å². The zero-order chi connectivity index (χ0) is 23.3. The lowest BCUT2D eigenvalue weighted by Crippen LogP contribution is -2.40. The number of halogens is 2.